The molecule has 0 saturated carbocycles. The maximum Gasteiger partial charge on any atom is 0.145 e. The van der Waals surface area contributed by atoms with Crippen LogP contribution < -0.4 is 15.4 Å². The summed E-state index contributed by atoms with van der Waals surface area (Å²) < 4.78 is 6.06. The summed E-state index contributed by atoms with van der Waals surface area (Å²) in [5, 5.41) is 0. The first-order valence-corrected chi connectivity index (χ1v) is 7.57. The van der Waals surface area contributed by atoms with E-state index in [4.69, 9.17) is 10.5 Å². The number of hydrogen-bond donors (Lipinski definition) is 1. The minimum atomic E-state index is 0.213. The SMILES string of the molecule is CCC1CN(C(C)c2ccccc2)c2c(N)cccc2O1. The lowest BCUT2D eigenvalue weighted by Crippen LogP contribution is -2.41. The van der Waals surface area contributed by atoms with Crippen molar-refractivity contribution in [3.05, 3.63) is 54.1 Å². The first-order valence-electron chi connectivity index (χ1n) is 7.57. The first kappa shape index (κ1) is 13.8. The molecule has 2 aromatic carbocycles. The highest BCUT2D eigenvalue weighted by Crippen LogP contribution is 2.42. The lowest BCUT2D eigenvalue weighted by atomic mass is 10.0. The number of nitrogens with zero attached hydrogens (tertiary/aromatic N) is 1. The Bertz CT molecular complexity index is 612. The molecular formula is C18H22N2O. The van der Waals surface area contributed by atoms with E-state index in [1.807, 2.05) is 24.3 Å². The molecule has 2 N–H and O–H groups in total. The maximum absolute atomic E-state index is 6.21. The van der Waals surface area contributed by atoms with Crippen LogP contribution in [-0.4, -0.2) is 12.6 Å². The third-order valence-electron chi connectivity index (χ3n) is 4.22. The second-order valence-electron chi connectivity index (χ2n) is 5.58. The minimum Gasteiger partial charge on any atom is -0.486 e. The van der Waals surface area contributed by atoms with E-state index in [0.29, 0.717) is 0 Å². The Hall–Kier alpha value is -2.16. The molecule has 21 heavy (non-hydrogen) atoms. The van der Waals surface area contributed by atoms with Crippen LogP contribution >= 0.6 is 0 Å². The van der Waals surface area contributed by atoms with Crippen LogP contribution in [0.1, 0.15) is 31.9 Å². The number of nitrogens with two attached hydrogens (primary N) is 1. The molecule has 3 rings (SSSR count). The van der Waals surface area contributed by atoms with Crippen LogP contribution in [-0.2, 0) is 0 Å². The van der Waals surface area contributed by atoms with Gasteiger partial charge < -0.3 is 15.4 Å². The summed E-state index contributed by atoms with van der Waals surface area (Å²) in [6, 6.07) is 16.7. The molecule has 1 aliphatic heterocycles. The van der Waals surface area contributed by atoms with Crippen molar-refractivity contribution in [3.63, 3.8) is 0 Å². The fourth-order valence-corrected chi connectivity index (χ4v) is 2.94. The van der Waals surface area contributed by atoms with Crippen molar-refractivity contribution in [1.29, 1.82) is 0 Å². The molecule has 2 atom stereocenters. The molecule has 0 amide bonds. The van der Waals surface area contributed by atoms with E-state index in [0.717, 1.165) is 30.1 Å². The van der Waals surface area contributed by atoms with E-state index in [9.17, 15) is 0 Å². The van der Waals surface area contributed by atoms with Crippen LogP contribution in [0.3, 0.4) is 0 Å². The number of fused-ring (bicyclic) bond motifs is 1. The van der Waals surface area contributed by atoms with E-state index in [1.165, 1.54) is 5.56 Å². The van der Waals surface area contributed by atoms with Crippen LogP contribution in [0.15, 0.2) is 48.5 Å². The Balaban J connectivity index is 2.02. The van der Waals surface area contributed by atoms with E-state index >= 15 is 0 Å². The third kappa shape index (κ3) is 2.56. The molecule has 3 heteroatoms. The number of para-hydroxylation sites is 1. The van der Waals surface area contributed by atoms with Crippen molar-refractivity contribution in [3.8, 4) is 5.75 Å². The van der Waals surface area contributed by atoms with Crippen LogP contribution in [0.5, 0.6) is 5.75 Å². The molecule has 0 aromatic heterocycles. The molecular weight excluding hydrogens is 260 g/mol. The largest absolute Gasteiger partial charge is 0.486 e. The Morgan fingerprint density at radius 2 is 1.95 bits per heavy atom. The lowest BCUT2D eigenvalue weighted by Gasteiger charge is -2.40. The van der Waals surface area contributed by atoms with Gasteiger partial charge in [0, 0.05) is 0 Å². The minimum absolute atomic E-state index is 0.213. The van der Waals surface area contributed by atoms with Gasteiger partial charge >= 0.3 is 0 Å². The average molecular weight is 282 g/mol. The number of hydrogen-bond acceptors (Lipinski definition) is 3. The highest BCUT2D eigenvalue weighted by molar-refractivity contribution is 5.76. The second kappa shape index (κ2) is 5.68. The predicted molar refractivity (Wildman–Crippen MR) is 87.8 cm³/mol. The number of nitrogen functional groups attached to an aromatic ring is 1. The summed E-state index contributed by atoms with van der Waals surface area (Å²) >= 11 is 0. The molecule has 0 spiro atoms. The zero-order valence-electron chi connectivity index (χ0n) is 12.6. The van der Waals surface area contributed by atoms with Gasteiger partial charge in [0.2, 0.25) is 0 Å². The zero-order valence-corrected chi connectivity index (χ0v) is 12.6. The Morgan fingerprint density at radius 1 is 1.19 bits per heavy atom. The summed E-state index contributed by atoms with van der Waals surface area (Å²) in [5.74, 6) is 0.899. The quantitative estimate of drug-likeness (QED) is 0.865. The van der Waals surface area contributed by atoms with Gasteiger partial charge in [0.05, 0.1) is 18.3 Å². The van der Waals surface area contributed by atoms with Gasteiger partial charge in [-0.2, -0.15) is 0 Å². The van der Waals surface area contributed by atoms with Gasteiger partial charge in [0.1, 0.15) is 17.5 Å². The van der Waals surface area contributed by atoms with E-state index < -0.39 is 0 Å². The average Bonchev–Trinajstić information content (AvgIpc) is 2.54. The number of anilines is 2. The normalized spacial score (nSPS) is 18.8. The first-order chi connectivity index (χ1) is 10.2. The fraction of sp³-hybridized carbons (Fsp3) is 0.333. The summed E-state index contributed by atoms with van der Waals surface area (Å²) in [6.07, 6.45) is 1.21. The summed E-state index contributed by atoms with van der Waals surface area (Å²) in [4.78, 5) is 2.37. The highest BCUT2D eigenvalue weighted by Gasteiger charge is 2.29. The van der Waals surface area contributed by atoms with Crippen LogP contribution in [0.2, 0.25) is 0 Å². The Morgan fingerprint density at radius 3 is 2.67 bits per heavy atom. The number of ether oxygens (including phenoxy) is 1. The predicted octanol–water partition coefficient (Wildman–Crippen LogP) is 4.01. The summed E-state index contributed by atoms with van der Waals surface area (Å²) in [5.41, 5.74) is 9.32. The Labute approximate surface area is 126 Å². The number of benzene rings is 2. The molecule has 0 aliphatic carbocycles. The van der Waals surface area contributed by atoms with Crippen LogP contribution in [0.4, 0.5) is 11.4 Å². The maximum atomic E-state index is 6.21. The van der Waals surface area contributed by atoms with Gasteiger partial charge in [-0.05, 0) is 31.0 Å². The molecule has 0 fully saturated rings. The standard InChI is InChI=1S/C18H22N2O/c1-3-15-12-20(13(2)14-8-5-4-6-9-14)18-16(19)10-7-11-17(18)21-15/h4-11,13,15H,3,12,19H2,1-2H3. The van der Waals surface area contributed by atoms with Gasteiger partial charge in [-0.15, -0.1) is 0 Å². The zero-order chi connectivity index (χ0) is 14.8. The van der Waals surface area contributed by atoms with E-state index in [2.05, 4.69) is 43.0 Å². The second-order valence-corrected chi connectivity index (χ2v) is 5.58. The molecule has 1 heterocycles. The molecule has 1 aliphatic rings. The van der Waals surface area contributed by atoms with Gasteiger partial charge in [-0.3, -0.25) is 0 Å². The van der Waals surface area contributed by atoms with Crippen molar-refractivity contribution in [2.75, 3.05) is 17.2 Å². The van der Waals surface area contributed by atoms with E-state index in [-0.39, 0.29) is 12.1 Å². The Kier molecular flexibility index (Phi) is 3.74. The molecule has 0 saturated heterocycles. The topological polar surface area (TPSA) is 38.5 Å². The van der Waals surface area contributed by atoms with Gasteiger partial charge in [0.15, 0.2) is 0 Å². The lowest BCUT2D eigenvalue weighted by molar-refractivity contribution is 0.186. The summed E-state index contributed by atoms with van der Waals surface area (Å²) in [6.45, 7) is 5.25. The fourth-order valence-electron chi connectivity index (χ4n) is 2.94. The van der Waals surface area contributed by atoms with Gasteiger partial charge in [-0.1, -0.05) is 43.3 Å². The van der Waals surface area contributed by atoms with Crippen LogP contribution in [0.25, 0.3) is 0 Å². The highest BCUT2D eigenvalue weighted by atomic mass is 16.5. The molecule has 3 nitrogen and oxygen atoms in total. The van der Waals surface area contributed by atoms with Crippen molar-refractivity contribution < 1.29 is 4.74 Å². The monoisotopic (exact) mass is 282 g/mol. The van der Waals surface area contributed by atoms with Gasteiger partial charge in [-0.25, -0.2) is 0 Å². The van der Waals surface area contributed by atoms with Crippen molar-refractivity contribution in [2.24, 2.45) is 0 Å². The smallest absolute Gasteiger partial charge is 0.145 e. The molecule has 2 aromatic rings. The molecule has 0 bridgehead atoms. The number of rotatable bonds is 3. The van der Waals surface area contributed by atoms with Crippen molar-refractivity contribution in [1.82, 2.24) is 0 Å². The van der Waals surface area contributed by atoms with E-state index in [1.54, 1.807) is 0 Å². The molecule has 0 radical (unpaired) electrons. The van der Waals surface area contributed by atoms with Crippen molar-refractivity contribution >= 4 is 11.4 Å². The molecule has 110 valence electrons. The van der Waals surface area contributed by atoms with Crippen molar-refractivity contribution in [2.45, 2.75) is 32.4 Å². The molecule has 2 unspecified atom stereocenters. The van der Waals surface area contributed by atoms with Crippen LogP contribution in [0, 0.1) is 0 Å². The van der Waals surface area contributed by atoms with Gasteiger partial charge in [0.25, 0.3) is 0 Å². The third-order valence-corrected chi connectivity index (χ3v) is 4.22. The summed E-state index contributed by atoms with van der Waals surface area (Å²) in [7, 11) is 0.